The standard InChI is InChI=1S/C12H22N2/c1-4-11-8-7-9-12(11,10-13)14(5-2)6-3/h11H,4-9H2,1-3H3. The normalized spacial score (nSPS) is 32.1. The van der Waals surface area contributed by atoms with E-state index in [0.717, 1.165) is 25.9 Å². The van der Waals surface area contributed by atoms with Gasteiger partial charge in [-0.05, 0) is 31.8 Å². The average Bonchev–Trinajstić information content (AvgIpc) is 2.64. The third-order valence-corrected chi connectivity index (χ3v) is 3.80. The van der Waals surface area contributed by atoms with E-state index in [1.54, 1.807) is 0 Å². The molecule has 1 aliphatic rings. The van der Waals surface area contributed by atoms with Crippen molar-refractivity contribution in [3.63, 3.8) is 0 Å². The molecule has 0 aromatic rings. The van der Waals surface area contributed by atoms with Gasteiger partial charge in [0, 0.05) is 0 Å². The molecular weight excluding hydrogens is 172 g/mol. The van der Waals surface area contributed by atoms with Crippen LogP contribution in [0.3, 0.4) is 0 Å². The van der Waals surface area contributed by atoms with Gasteiger partial charge < -0.3 is 0 Å². The van der Waals surface area contributed by atoms with E-state index in [4.69, 9.17) is 0 Å². The molecule has 0 N–H and O–H groups in total. The van der Waals surface area contributed by atoms with Gasteiger partial charge >= 0.3 is 0 Å². The molecule has 2 unspecified atom stereocenters. The van der Waals surface area contributed by atoms with Crippen LogP contribution in [0, 0.1) is 17.2 Å². The lowest BCUT2D eigenvalue weighted by molar-refractivity contribution is 0.110. The van der Waals surface area contributed by atoms with E-state index in [9.17, 15) is 5.26 Å². The van der Waals surface area contributed by atoms with Crippen molar-refractivity contribution in [2.45, 2.75) is 52.0 Å². The first-order chi connectivity index (χ1) is 6.75. The monoisotopic (exact) mass is 194 g/mol. The number of nitriles is 1. The second-order valence-corrected chi connectivity index (χ2v) is 4.21. The zero-order chi connectivity index (χ0) is 10.6. The van der Waals surface area contributed by atoms with Crippen molar-refractivity contribution >= 4 is 0 Å². The molecule has 0 spiro atoms. The molecule has 0 amide bonds. The summed E-state index contributed by atoms with van der Waals surface area (Å²) < 4.78 is 0. The van der Waals surface area contributed by atoms with Crippen molar-refractivity contribution in [3.05, 3.63) is 0 Å². The molecule has 2 atom stereocenters. The molecule has 1 saturated carbocycles. The van der Waals surface area contributed by atoms with E-state index in [1.165, 1.54) is 12.8 Å². The van der Waals surface area contributed by atoms with Gasteiger partial charge in [-0.2, -0.15) is 5.26 Å². The molecule has 2 nitrogen and oxygen atoms in total. The zero-order valence-corrected chi connectivity index (χ0v) is 9.71. The highest BCUT2D eigenvalue weighted by atomic mass is 15.2. The van der Waals surface area contributed by atoms with Gasteiger partial charge in [-0.25, -0.2) is 0 Å². The van der Waals surface area contributed by atoms with Gasteiger partial charge in [0.25, 0.3) is 0 Å². The molecule has 0 bridgehead atoms. The summed E-state index contributed by atoms with van der Waals surface area (Å²) in [4.78, 5) is 2.36. The van der Waals surface area contributed by atoms with Crippen molar-refractivity contribution in [3.8, 4) is 6.07 Å². The van der Waals surface area contributed by atoms with Gasteiger partial charge in [-0.3, -0.25) is 4.90 Å². The van der Waals surface area contributed by atoms with Crippen LogP contribution in [0.25, 0.3) is 0 Å². The summed E-state index contributed by atoms with van der Waals surface area (Å²) in [5.74, 6) is 0.590. The van der Waals surface area contributed by atoms with Gasteiger partial charge in [0.05, 0.1) is 6.07 Å². The van der Waals surface area contributed by atoms with E-state index in [1.807, 2.05) is 0 Å². The van der Waals surface area contributed by atoms with Crippen LogP contribution in [0.1, 0.15) is 46.5 Å². The molecular formula is C12H22N2. The summed E-state index contributed by atoms with van der Waals surface area (Å²) in [5, 5.41) is 9.46. The van der Waals surface area contributed by atoms with Crippen LogP contribution in [-0.4, -0.2) is 23.5 Å². The predicted molar refractivity (Wildman–Crippen MR) is 58.9 cm³/mol. The lowest BCUT2D eigenvalue weighted by Crippen LogP contribution is -2.50. The summed E-state index contributed by atoms with van der Waals surface area (Å²) in [5.41, 5.74) is -0.141. The van der Waals surface area contributed by atoms with Crippen LogP contribution < -0.4 is 0 Å². The van der Waals surface area contributed by atoms with E-state index in [-0.39, 0.29) is 5.54 Å². The van der Waals surface area contributed by atoms with Gasteiger partial charge in [-0.15, -0.1) is 0 Å². The van der Waals surface area contributed by atoms with Gasteiger partial charge in [-0.1, -0.05) is 33.6 Å². The highest BCUT2D eigenvalue weighted by Crippen LogP contribution is 2.41. The SMILES string of the molecule is CCC1CCCC1(C#N)N(CC)CC. The molecule has 2 heteroatoms. The molecule has 0 radical (unpaired) electrons. The van der Waals surface area contributed by atoms with Crippen LogP contribution in [0.2, 0.25) is 0 Å². The van der Waals surface area contributed by atoms with E-state index >= 15 is 0 Å². The predicted octanol–water partition coefficient (Wildman–Crippen LogP) is 2.80. The maximum absolute atomic E-state index is 9.46. The Morgan fingerprint density at radius 3 is 2.43 bits per heavy atom. The van der Waals surface area contributed by atoms with Crippen LogP contribution in [0.4, 0.5) is 0 Å². The largest absolute Gasteiger partial charge is 0.286 e. The summed E-state index contributed by atoms with van der Waals surface area (Å²) in [6.45, 7) is 8.54. The van der Waals surface area contributed by atoms with Gasteiger partial charge in [0.1, 0.15) is 5.54 Å². The third kappa shape index (κ3) is 1.66. The first-order valence-corrected chi connectivity index (χ1v) is 5.91. The topological polar surface area (TPSA) is 27.0 Å². The fourth-order valence-corrected chi connectivity index (χ4v) is 3.02. The van der Waals surface area contributed by atoms with Gasteiger partial charge in [0.2, 0.25) is 0 Å². The van der Waals surface area contributed by atoms with Crippen molar-refractivity contribution in [1.29, 1.82) is 5.26 Å². The van der Waals surface area contributed by atoms with Crippen molar-refractivity contribution in [1.82, 2.24) is 4.90 Å². The molecule has 1 fully saturated rings. The van der Waals surface area contributed by atoms with E-state index in [0.29, 0.717) is 5.92 Å². The Morgan fingerprint density at radius 1 is 1.36 bits per heavy atom. The number of rotatable bonds is 4. The van der Waals surface area contributed by atoms with Crippen molar-refractivity contribution < 1.29 is 0 Å². The highest BCUT2D eigenvalue weighted by molar-refractivity contribution is 5.14. The molecule has 0 aromatic heterocycles. The summed E-state index contributed by atoms with van der Waals surface area (Å²) >= 11 is 0. The van der Waals surface area contributed by atoms with Gasteiger partial charge in [0.15, 0.2) is 0 Å². The number of hydrogen-bond acceptors (Lipinski definition) is 2. The molecule has 0 heterocycles. The molecule has 1 aliphatic carbocycles. The molecule has 0 aliphatic heterocycles. The average molecular weight is 194 g/mol. The second kappa shape index (κ2) is 4.79. The minimum absolute atomic E-state index is 0.141. The summed E-state index contributed by atoms with van der Waals surface area (Å²) in [7, 11) is 0. The molecule has 0 saturated heterocycles. The van der Waals surface area contributed by atoms with Crippen molar-refractivity contribution in [2.75, 3.05) is 13.1 Å². The minimum atomic E-state index is -0.141. The summed E-state index contributed by atoms with van der Waals surface area (Å²) in [6.07, 6.45) is 4.68. The third-order valence-electron chi connectivity index (χ3n) is 3.80. The Morgan fingerprint density at radius 2 is 2.00 bits per heavy atom. The summed E-state index contributed by atoms with van der Waals surface area (Å²) in [6, 6.07) is 2.61. The number of hydrogen-bond donors (Lipinski definition) is 0. The molecule has 14 heavy (non-hydrogen) atoms. The Bertz CT molecular complexity index is 215. The molecule has 0 aromatic carbocycles. The quantitative estimate of drug-likeness (QED) is 0.688. The van der Waals surface area contributed by atoms with E-state index in [2.05, 4.69) is 31.7 Å². The minimum Gasteiger partial charge on any atom is -0.286 e. The van der Waals surface area contributed by atoms with Crippen LogP contribution in [0.15, 0.2) is 0 Å². The number of nitrogens with zero attached hydrogens (tertiary/aromatic N) is 2. The first kappa shape index (κ1) is 11.5. The second-order valence-electron chi connectivity index (χ2n) is 4.21. The fraction of sp³-hybridized carbons (Fsp3) is 0.917. The lowest BCUT2D eigenvalue weighted by Gasteiger charge is -2.38. The Kier molecular flexibility index (Phi) is 3.95. The Labute approximate surface area is 87.9 Å². The Balaban J connectivity index is 2.89. The molecule has 80 valence electrons. The molecule has 1 rings (SSSR count). The maximum Gasteiger partial charge on any atom is 0.112 e. The highest BCUT2D eigenvalue weighted by Gasteiger charge is 2.45. The first-order valence-electron chi connectivity index (χ1n) is 5.91. The van der Waals surface area contributed by atoms with Crippen LogP contribution in [-0.2, 0) is 0 Å². The van der Waals surface area contributed by atoms with Crippen LogP contribution in [0.5, 0.6) is 0 Å². The lowest BCUT2D eigenvalue weighted by atomic mass is 9.84. The van der Waals surface area contributed by atoms with Crippen molar-refractivity contribution in [2.24, 2.45) is 5.92 Å². The zero-order valence-electron chi connectivity index (χ0n) is 9.71. The Hall–Kier alpha value is -0.550. The fourth-order valence-electron chi connectivity index (χ4n) is 3.02. The maximum atomic E-state index is 9.46. The van der Waals surface area contributed by atoms with Crippen LogP contribution >= 0.6 is 0 Å². The smallest absolute Gasteiger partial charge is 0.112 e. The van der Waals surface area contributed by atoms with E-state index < -0.39 is 0 Å².